The SMILES string of the molecule is CC(C)(C)OC(=O)NC/C=C/CNC1CCCC1C1CCCN1. The highest BCUT2D eigenvalue weighted by Crippen LogP contribution is 2.31. The lowest BCUT2D eigenvalue weighted by Crippen LogP contribution is -2.42. The van der Waals surface area contributed by atoms with E-state index in [0.717, 1.165) is 12.5 Å². The molecule has 0 bridgehead atoms. The third kappa shape index (κ3) is 6.51. The topological polar surface area (TPSA) is 62.4 Å². The van der Waals surface area contributed by atoms with Gasteiger partial charge in [-0.05, 0) is 58.9 Å². The minimum Gasteiger partial charge on any atom is -0.444 e. The van der Waals surface area contributed by atoms with Gasteiger partial charge in [0.05, 0.1) is 0 Å². The minimum absolute atomic E-state index is 0.363. The molecule has 1 saturated carbocycles. The van der Waals surface area contributed by atoms with Gasteiger partial charge in [0.25, 0.3) is 0 Å². The van der Waals surface area contributed by atoms with Crippen molar-refractivity contribution >= 4 is 6.09 Å². The highest BCUT2D eigenvalue weighted by Gasteiger charge is 2.34. The Labute approximate surface area is 140 Å². The highest BCUT2D eigenvalue weighted by molar-refractivity contribution is 5.67. The van der Waals surface area contributed by atoms with Gasteiger partial charge in [0.2, 0.25) is 0 Å². The number of hydrogen-bond donors (Lipinski definition) is 3. The van der Waals surface area contributed by atoms with Crippen LogP contribution in [-0.2, 0) is 4.74 Å². The Morgan fingerprint density at radius 2 is 1.96 bits per heavy atom. The van der Waals surface area contributed by atoms with E-state index in [9.17, 15) is 4.79 Å². The van der Waals surface area contributed by atoms with Crippen LogP contribution in [0.2, 0.25) is 0 Å². The quantitative estimate of drug-likeness (QED) is 0.658. The molecule has 1 amide bonds. The van der Waals surface area contributed by atoms with Crippen LogP contribution in [0.5, 0.6) is 0 Å². The monoisotopic (exact) mass is 323 g/mol. The van der Waals surface area contributed by atoms with Crippen molar-refractivity contribution in [2.45, 2.75) is 70.6 Å². The Balaban J connectivity index is 1.59. The van der Waals surface area contributed by atoms with E-state index in [0.29, 0.717) is 18.6 Å². The third-order valence-electron chi connectivity index (χ3n) is 4.61. The maximum absolute atomic E-state index is 11.5. The normalized spacial score (nSPS) is 28.4. The molecule has 3 N–H and O–H groups in total. The summed E-state index contributed by atoms with van der Waals surface area (Å²) >= 11 is 0. The molecule has 1 aliphatic heterocycles. The fourth-order valence-corrected chi connectivity index (χ4v) is 3.64. The largest absolute Gasteiger partial charge is 0.444 e. The molecule has 2 aliphatic rings. The van der Waals surface area contributed by atoms with Gasteiger partial charge in [-0.2, -0.15) is 0 Å². The molecule has 0 radical (unpaired) electrons. The fourth-order valence-electron chi connectivity index (χ4n) is 3.64. The number of hydrogen-bond acceptors (Lipinski definition) is 4. The van der Waals surface area contributed by atoms with E-state index in [2.05, 4.69) is 22.0 Å². The predicted molar refractivity (Wildman–Crippen MR) is 93.5 cm³/mol. The van der Waals surface area contributed by atoms with Gasteiger partial charge >= 0.3 is 6.09 Å². The number of carbonyl (C=O) groups is 1. The van der Waals surface area contributed by atoms with Crippen molar-refractivity contribution in [3.8, 4) is 0 Å². The van der Waals surface area contributed by atoms with Crippen LogP contribution in [0.15, 0.2) is 12.2 Å². The molecule has 3 unspecified atom stereocenters. The van der Waals surface area contributed by atoms with Gasteiger partial charge in [0.1, 0.15) is 5.60 Å². The fraction of sp³-hybridized carbons (Fsp3) is 0.833. The molecular formula is C18H33N3O2. The average Bonchev–Trinajstić information content (AvgIpc) is 3.10. The molecule has 0 aromatic rings. The first-order valence-electron chi connectivity index (χ1n) is 9.04. The highest BCUT2D eigenvalue weighted by atomic mass is 16.6. The molecule has 5 heteroatoms. The Bertz CT molecular complexity index is 398. The van der Waals surface area contributed by atoms with Crippen LogP contribution in [0.3, 0.4) is 0 Å². The molecule has 0 spiro atoms. The molecule has 2 rings (SSSR count). The second-order valence-electron chi connectivity index (χ2n) is 7.67. The second kappa shape index (κ2) is 8.69. The molecular weight excluding hydrogens is 290 g/mol. The van der Waals surface area contributed by atoms with E-state index in [1.807, 2.05) is 26.8 Å². The lowest BCUT2D eigenvalue weighted by atomic mass is 9.93. The van der Waals surface area contributed by atoms with E-state index in [1.54, 1.807) is 0 Å². The summed E-state index contributed by atoms with van der Waals surface area (Å²) in [5, 5.41) is 10.1. The minimum atomic E-state index is -0.443. The summed E-state index contributed by atoms with van der Waals surface area (Å²) in [4.78, 5) is 11.5. The van der Waals surface area contributed by atoms with Crippen LogP contribution in [0.25, 0.3) is 0 Å². The van der Waals surface area contributed by atoms with Gasteiger partial charge in [0.15, 0.2) is 0 Å². The van der Waals surface area contributed by atoms with Crippen LogP contribution < -0.4 is 16.0 Å². The summed E-state index contributed by atoms with van der Waals surface area (Å²) < 4.78 is 5.19. The van der Waals surface area contributed by atoms with Crippen LogP contribution in [0, 0.1) is 5.92 Å². The Morgan fingerprint density at radius 3 is 2.65 bits per heavy atom. The lowest BCUT2D eigenvalue weighted by Gasteiger charge is -2.26. The van der Waals surface area contributed by atoms with Gasteiger partial charge in [-0.1, -0.05) is 18.6 Å². The van der Waals surface area contributed by atoms with Crippen molar-refractivity contribution < 1.29 is 9.53 Å². The molecule has 1 heterocycles. The number of amides is 1. The van der Waals surface area contributed by atoms with E-state index in [1.165, 1.54) is 38.6 Å². The van der Waals surface area contributed by atoms with Crippen molar-refractivity contribution in [2.24, 2.45) is 5.92 Å². The van der Waals surface area contributed by atoms with Gasteiger partial charge in [0, 0.05) is 25.2 Å². The van der Waals surface area contributed by atoms with Crippen LogP contribution in [0.4, 0.5) is 4.79 Å². The van der Waals surface area contributed by atoms with Crippen molar-refractivity contribution in [2.75, 3.05) is 19.6 Å². The zero-order valence-corrected chi connectivity index (χ0v) is 14.9. The van der Waals surface area contributed by atoms with Crippen molar-refractivity contribution in [3.63, 3.8) is 0 Å². The van der Waals surface area contributed by atoms with Crippen molar-refractivity contribution in [1.82, 2.24) is 16.0 Å². The molecule has 132 valence electrons. The van der Waals surface area contributed by atoms with Crippen LogP contribution >= 0.6 is 0 Å². The van der Waals surface area contributed by atoms with Crippen molar-refractivity contribution in [1.29, 1.82) is 0 Å². The molecule has 3 atom stereocenters. The Kier molecular flexibility index (Phi) is 6.90. The first-order valence-corrected chi connectivity index (χ1v) is 9.04. The van der Waals surface area contributed by atoms with E-state index < -0.39 is 5.60 Å². The molecule has 0 aromatic carbocycles. The maximum Gasteiger partial charge on any atom is 0.407 e. The molecule has 1 saturated heterocycles. The lowest BCUT2D eigenvalue weighted by molar-refractivity contribution is 0.0534. The Morgan fingerprint density at radius 1 is 1.17 bits per heavy atom. The van der Waals surface area contributed by atoms with Gasteiger partial charge in [-0.25, -0.2) is 4.79 Å². The molecule has 0 aromatic heterocycles. The molecule has 2 fully saturated rings. The molecule has 1 aliphatic carbocycles. The summed E-state index contributed by atoms with van der Waals surface area (Å²) in [6, 6.07) is 1.35. The summed E-state index contributed by atoms with van der Waals surface area (Å²) in [5.74, 6) is 0.783. The maximum atomic E-state index is 11.5. The smallest absolute Gasteiger partial charge is 0.407 e. The van der Waals surface area contributed by atoms with Gasteiger partial charge in [-0.15, -0.1) is 0 Å². The number of alkyl carbamates (subject to hydrolysis) is 1. The Hall–Kier alpha value is -1.07. The standard InChI is InChI=1S/C18H33N3O2/c1-18(2,3)23-17(22)21-12-5-4-11-19-15-9-6-8-14(15)16-10-7-13-20-16/h4-5,14-16,19-20H,6-13H2,1-3H3,(H,21,22)/b5-4+. The summed E-state index contributed by atoms with van der Waals surface area (Å²) in [6.07, 6.45) is 10.3. The van der Waals surface area contributed by atoms with Crippen molar-refractivity contribution in [3.05, 3.63) is 12.2 Å². The van der Waals surface area contributed by atoms with Crippen LogP contribution in [0.1, 0.15) is 52.9 Å². The second-order valence-corrected chi connectivity index (χ2v) is 7.67. The predicted octanol–water partition coefficient (Wildman–Crippen LogP) is 2.58. The van der Waals surface area contributed by atoms with Gasteiger partial charge in [-0.3, -0.25) is 0 Å². The first-order chi connectivity index (χ1) is 11.0. The van der Waals surface area contributed by atoms with E-state index in [-0.39, 0.29) is 6.09 Å². The summed E-state index contributed by atoms with van der Waals surface area (Å²) in [7, 11) is 0. The number of ether oxygens (including phenoxy) is 1. The zero-order valence-electron chi connectivity index (χ0n) is 14.9. The molecule has 23 heavy (non-hydrogen) atoms. The average molecular weight is 323 g/mol. The third-order valence-corrected chi connectivity index (χ3v) is 4.61. The number of carbonyl (C=O) groups excluding carboxylic acids is 1. The summed E-state index contributed by atoms with van der Waals surface area (Å²) in [5.41, 5.74) is -0.443. The summed E-state index contributed by atoms with van der Waals surface area (Å²) in [6.45, 7) is 8.15. The number of rotatable bonds is 6. The zero-order chi connectivity index (χ0) is 16.7. The van der Waals surface area contributed by atoms with E-state index >= 15 is 0 Å². The molecule has 5 nitrogen and oxygen atoms in total. The van der Waals surface area contributed by atoms with Gasteiger partial charge < -0.3 is 20.7 Å². The number of nitrogens with one attached hydrogen (secondary N) is 3. The first kappa shape index (κ1) is 18.3. The van der Waals surface area contributed by atoms with E-state index in [4.69, 9.17) is 4.74 Å². The van der Waals surface area contributed by atoms with Crippen LogP contribution in [-0.4, -0.2) is 43.4 Å².